The molecule has 5 rings (SSSR count). The van der Waals surface area contributed by atoms with Crippen molar-refractivity contribution in [3.05, 3.63) is 53.6 Å². The number of hydrogen-bond acceptors (Lipinski definition) is 5. The van der Waals surface area contributed by atoms with Gasteiger partial charge < -0.3 is 5.11 Å². The molecule has 2 aromatic heterocycles. The van der Waals surface area contributed by atoms with Crippen LogP contribution < -0.4 is 0 Å². The minimum atomic E-state index is -0.165. The maximum absolute atomic E-state index is 10.3. The number of benzene rings is 1. The SMILES string of the molecule is O[C@H]1CCC[C@@H]1N1CCC(c2[nH]nc(-c3ccc(Cl)cc3)c2-c2ccncn2)CC1. The summed E-state index contributed by atoms with van der Waals surface area (Å²) in [6.45, 7) is 2.01. The number of aliphatic hydroxyl groups is 1. The van der Waals surface area contributed by atoms with Gasteiger partial charge in [0.1, 0.15) is 12.0 Å². The number of aliphatic hydroxyl groups excluding tert-OH is 1. The first-order chi connectivity index (χ1) is 14.7. The third-order valence-electron chi connectivity index (χ3n) is 6.60. The monoisotopic (exact) mass is 423 g/mol. The topological polar surface area (TPSA) is 77.9 Å². The Balaban J connectivity index is 1.45. The average molecular weight is 424 g/mol. The van der Waals surface area contributed by atoms with Crippen LogP contribution in [0.4, 0.5) is 0 Å². The molecule has 1 saturated carbocycles. The number of halogens is 1. The molecule has 0 amide bonds. The first kappa shape index (κ1) is 19.7. The van der Waals surface area contributed by atoms with Gasteiger partial charge in [0.2, 0.25) is 0 Å². The number of hydrogen-bond donors (Lipinski definition) is 2. The quantitative estimate of drug-likeness (QED) is 0.654. The number of rotatable bonds is 4. The van der Waals surface area contributed by atoms with E-state index in [1.165, 1.54) is 0 Å². The van der Waals surface area contributed by atoms with E-state index in [4.69, 9.17) is 16.7 Å². The van der Waals surface area contributed by atoms with Gasteiger partial charge in [0.15, 0.2) is 0 Å². The van der Waals surface area contributed by atoms with Gasteiger partial charge in [-0.15, -0.1) is 0 Å². The molecule has 0 radical (unpaired) electrons. The summed E-state index contributed by atoms with van der Waals surface area (Å²) in [5, 5.41) is 19.0. The number of H-pyrrole nitrogens is 1. The maximum atomic E-state index is 10.3. The van der Waals surface area contributed by atoms with E-state index in [1.807, 2.05) is 30.3 Å². The summed E-state index contributed by atoms with van der Waals surface area (Å²) in [7, 11) is 0. The lowest BCUT2D eigenvalue weighted by atomic mass is 9.88. The van der Waals surface area contributed by atoms with Crippen molar-refractivity contribution in [1.29, 1.82) is 0 Å². The largest absolute Gasteiger partial charge is 0.391 e. The predicted octanol–water partition coefficient (Wildman–Crippen LogP) is 4.28. The molecule has 0 unspecified atom stereocenters. The van der Waals surface area contributed by atoms with Crippen molar-refractivity contribution in [2.45, 2.75) is 50.2 Å². The molecule has 2 fully saturated rings. The molecule has 3 heterocycles. The average Bonchev–Trinajstić information content (AvgIpc) is 3.42. The summed E-state index contributed by atoms with van der Waals surface area (Å²) in [6.07, 6.45) is 8.47. The van der Waals surface area contributed by atoms with E-state index in [1.54, 1.807) is 12.5 Å². The zero-order valence-electron chi connectivity index (χ0n) is 16.8. The fourth-order valence-electron chi connectivity index (χ4n) is 5.03. The number of nitrogens with one attached hydrogen (secondary N) is 1. The van der Waals surface area contributed by atoms with E-state index in [0.29, 0.717) is 17.0 Å². The molecule has 156 valence electrons. The molecule has 30 heavy (non-hydrogen) atoms. The molecular weight excluding hydrogens is 398 g/mol. The van der Waals surface area contributed by atoms with Crippen molar-refractivity contribution < 1.29 is 5.11 Å². The van der Waals surface area contributed by atoms with E-state index >= 15 is 0 Å². The molecule has 3 aromatic rings. The molecule has 0 bridgehead atoms. The van der Waals surface area contributed by atoms with Crippen LogP contribution in [0.25, 0.3) is 22.5 Å². The second-order valence-electron chi connectivity index (χ2n) is 8.34. The summed E-state index contributed by atoms with van der Waals surface area (Å²) >= 11 is 6.09. The summed E-state index contributed by atoms with van der Waals surface area (Å²) in [4.78, 5) is 11.1. The summed E-state index contributed by atoms with van der Waals surface area (Å²) in [5.74, 6) is 0.387. The van der Waals surface area contributed by atoms with E-state index in [-0.39, 0.29) is 6.10 Å². The van der Waals surface area contributed by atoms with Gasteiger partial charge in [0.05, 0.1) is 11.8 Å². The lowest BCUT2D eigenvalue weighted by molar-refractivity contribution is 0.0550. The zero-order chi connectivity index (χ0) is 20.5. The second kappa shape index (κ2) is 8.46. The Morgan fingerprint density at radius 1 is 1.03 bits per heavy atom. The summed E-state index contributed by atoms with van der Waals surface area (Å²) < 4.78 is 0. The number of nitrogens with zero attached hydrogens (tertiary/aromatic N) is 4. The van der Waals surface area contributed by atoms with Crippen LogP contribution in [0.5, 0.6) is 0 Å². The standard InChI is InChI=1S/C23H26ClN5O/c24-17-6-4-15(5-7-17)22-21(18-8-11-25-14-26-18)23(28-27-22)16-9-12-29(13-10-16)19-2-1-3-20(19)30/h4-8,11,14,16,19-20,30H,1-3,9-10,12-13H2,(H,27,28)/t19-,20-/m0/s1. The number of piperidine rings is 1. The van der Waals surface area contributed by atoms with E-state index < -0.39 is 0 Å². The molecular formula is C23H26ClN5O. The molecule has 2 atom stereocenters. The Morgan fingerprint density at radius 2 is 1.83 bits per heavy atom. The lowest BCUT2D eigenvalue weighted by Crippen LogP contribution is -2.44. The van der Waals surface area contributed by atoms with E-state index in [2.05, 4.69) is 20.0 Å². The Hall–Kier alpha value is -2.28. The van der Waals surface area contributed by atoms with Crippen molar-refractivity contribution in [3.63, 3.8) is 0 Å². The Bertz CT molecular complexity index is 983. The highest BCUT2D eigenvalue weighted by molar-refractivity contribution is 6.30. The van der Waals surface area contributed by atoms with Gasteiger partial charge in [0.25, 0.3) is 0 Å². The molecule has 1 aliphatic carbocycles. The third-order valence-corrected chi connectivity index (χ3v) is 6.85. The van der Waals surface area contributed by atoms with Crippen LogP contribution in [0.15, 0.2) is 42.9 Å². The van der Waals surface area contributed by atoms with Gasteiger partial charge in [-0.25, -0.2) is 9.97 Å². The fraction of sp³-hybridized carbons (Fsp3) is 0.435. The van der Waals surface area contributed by atoms with E-state index in [0.717, 1.165) is 73.4 Å². The van der Waals surface area contributed by atoms with Crippen molar-refractivity contribution >= 4 is 11.6 Å². The van der Waals surface area contributed by atoms with E-state index in [9.17, 15) is 5.11 Å². The minimum absolute atomic E-state index is 0.165. The Morgan fingerprint density at radius 3 is 2.50 bits per heavy atom. The Labute approximate surface area is 181 Å². The van der Waals surface area contributed by atoms with Gasteiger partial charge in [-0.1, -0.05) is 23.7 Å². The molecule has 1 saturated heterocycles. The normalized spacial score (nSPS) is 23.1. The molecule has 0 spiro atoms. The molecule has 7 heteroatoms. The zero-order valence-corrected chi connectivity index (χ0v) is 17.6. The second-order valence-corrected chi connectivity index (χ2v) is 8.77. The molecule has 2 N–H and O–H groups in total. The van der Waals surface area contributed by atoms with Crippen molar-refractivity contribution in [1.82, 2.24) is 25.1 Å². The van der Waals surface area contributed by atoms with Gasteiger partial charge >= 0.3 is 0 Å². The van der Waals surface area contributed by atoms with Crippen LogP contribution in [-0.4, -0.2) is 55.4 Å². The molecule has 6 nitrogen and oxygen atoms in total. The Kier molecular flexibility index (Phi) is 5.54. The number of aromatic amines is 1. The first-order valence-corrected chi connectivity index (χ1v) is 11.1. The highest BCUT2D eigenvalue weighted by Gasteiger charge is 2.34. The van der Waals surface area contributed by atoms with Crippen LogP contribution in [0.2, 0.25) is 5.02 Å². The van der Waals surface area contributed by atoms with Crippen molar-refractivity contribution in [2.75, 3.05) is 13.1 Å². The highest BCUT2D eigenvalue weighted by atomic mass is 35.5. The molecule has 1 aromatic carbocycles. The molecule has 2 aliphatic rings. The van der Waals surface area contributed by atoms with Crippen molar-refractivity contribution in [2.24, 2.45) is 0 Å². The lowest BCUT2D eigenvalue weighted by Gasteiger charge is -2.37. The van der Waals surface area contributed by atoms with Crippen LogP contribution in [-0.2, 0) is 0 Å². The third kappa shape index (κ3) is 3.75. The van der Waals surface area contributed by atoms with Crippen LogP contribution >= 0.6 is 11.6 Å². The van der Waals surface area contributed by atoms with Gasteiger partial charge in [0, 0.05) is 40.0 Å². The maximum Gasteiger partial charge on any atom is 0.116 e. The summed E-state index contributed by atoms with van der Waals surface area (Å²) in [5.41, 5.74) is 4.99. The van der Waals surface area contributed by atoms with Gasteiger partial charge in [-0.2, -0.15) is 5.10 Å². The fourth-order valence-corrected chi connectivity index (χ4v) is 5.16. The smallest absolute Gasteiger partial charge is 0.116 e. The first-order valence-electron chi connectivity index (χ1n) is 10.7. The van der Waals surface area contributed by atoms with Crippen LogP contribution in [0, 0.1) is 0 Å². The predicted molar refractivity (Wildman–Crippen MR) is 117 cm³/mol. The van der Waals surface area contributed by atoms with Crippen LogP contribution in [0.3, 0.4) is 0 Å². The highest BCUT2D eigenvalue weighted by Crippen LogP contribution is 2.40. The number of likely N-dealkylation sites (tertiary alicyclic amines) is 1. The van der Waals surface area contributed by atoms with Gasteiger partial charge in [-0.05, 0) is 63.4 Å². The van der Waals surface area contributed by atoms with Crippen molar-refractivity contribution in [3.8, 4) is 22.5 Å². The van der Waals surface area contributed by atoms with Crippen LogP contribution in [0.1, 0.15) is 43.7 Å². The van der Waals surface area contributed by atoms with Gasteiger partial charge in [-0.3, -0.25) is 10.00 Å². The number of aromatic nitrogens is 4. The molecule has 1 aliphatic heterocycles. The minimum Gasteiger partial charge on any atom is -0.391 e. The summed E-state index contributed by atoms with van der Waals surface area (Å²) in [6, 6.07) is 10.0.